The van der Waals surface area contributed by atoms with Gasteiger partial charge >= 0.3 is 0 Å². The fourth-order valence-electron chi connectivity index (χ4n) is 0.566. The van der Waals surface area contributed by atoms with E-state index in [9.17, 15) is 0 Å². The highest BCUT2D eigenvalue weighted by atomic mass is 15.0. The SMILES string of the molecule is CN(C)C.[B]c1ccc(C)cc1. The van der Waals surface area contributed by atoms with Crippen LogP contribution in [0.5, 0.6) is 0 Å². The van der Waals surface area contributed by atoms with E-state index in [2.05, 4.69) is 0 Å². The van der Waals surface area contributed by atoms with Gasteiger partial charge in [-0.25, -0.2) is 0 Å². The van der Waals surface area contributed by atoms with Crippen LogP contribution in [0.1, 0.15) is 5.56 Å². The van der Waals surface area contributed by atoms with E-state index in [0.29, 0.717) is 0 Å². The second-order valence-electron chi connectivity index (χ2n) is 3.25. The molecule has 0 fully saturated rings. The molecule has 0 spiro atoms. The zero-order valence-electron chi connectivity index (χ0n) is 8.33. The van der Waals surface area contributed by atoms with Gasteiger partial charge in [0.15, 0.2) is 0 Å². The standard InChI is InChI=1S/C7H7B.C3H9N/c1-6-2-4-7(8)5-3-6;1-4(2)3/h2-5H,1H3;1-3H3. The van der Waals surface area contributed by atoms with Crippen LogP contribution in [0.2, 0.25) is 0 Å². The lowest BCUT2D eigenvalue weighted by atomic mass is 9.96. The molecule has 2 radical (unpaired) electrons. The van der Waals surface area contributed by atoms with Gasteiger partial charge in [0.25, 0.3) is 0 Å². The topological polar surface area (TPSA) is 3.24 Å². The van der Waals surface area contributed by atoms with Crippen molar-refractivity contribution in [3.63, 3.8) is 0 Å². The van der Waals surface area contributed by atoms with Crippen LogP contribution in [0.4, 0.5) is 0 Å². The number of aryl methyl sites for hydroxylation is 1. The predicted octanol–water partition coefficient (Wildman–Crippen LogP) is 0.967. The van der Waals surface area contributed by atoms with E-state index >= 15 is 0 Å². The van der Waals surface area contributed by atoms with Crippen molar-refractivity contribution in [3.8, 4) is 0 Å². The van der Waals surface area contributed by atoms with E-state index in [1.165, 1.54) is 5.56 Å². The molecule has 0 amide bonds. The highest BCUT2D eigenvalue weighted by molar-refractivity contribution is 6.32. The van der Waals surface area contributed by atoms with Crippen LogP contribution in [0, 0.1) is 6.92 Å². The Morgan fingerprint density at radius 3 is 1.58 bits per heavy atom. The van der Waals surface area contributed by atoms with Crippen LogP contribution >= 0.6 is 0 Å². The van der Waals surface area contributed by atoms with E-state index < -0.39 is 0 Å². The molecule has 1 nitrogen and oxygen atoms in total. The molecule has 64 valence electrons. The summed E-state index contributed by atoms with van der Waals surface area (Å²) in [5.74, 6) is 0. The van der Waals surface area contributed by atoms with Crippen molar-refractivity contribution < 1.29 is 0 Å². The van der Waals surface area contributed by atoms with Crippen LogP contribution in [-0.2, 0) is 0 Å². The average molecular weight is 161 g/mol. The molecule has 1 aromatic rings. The molecule has 0 bridgehead atoms. The van der Waals surface area contributed by atoms with Gasteiger partial charge in [-0.3, -0.25) is 0 Å². The normalized spacial score (nSPS) is 9.08. The van der Waals surface area contributed by atoms with Gasteiger partial charge in [-0.1, -0.05) is 35.3 Å². The molecule has 12 heavy (non-hydrogen) atoms. The summed E-state index contributed by atoms with van der Waals surface area (Å²) in [6.45, 7) is 2.04. The summed E-state index contributed by atoms with van der Waals surface area (Å²) < 4.78 is 0. The van der Waals surface area contributed by atoms with Crippen molar-refractivity contribution in [1.29, 1.82) is 0 Å². The highest BCUT2D eigenvalue weighted by Crippen LogP contribution is 1.90. The fraction of sp³-hybridized carbons (Fsp3) is 0.400. The monoisotopic (exact) mass is 161 g/mol. The maximum atomic E-state index is 5.43. The Morgan fingerprint density at radius 1 is 1.00 bits per heavy atom. The van der Waals surface area contributed by atoms with Crippen LogP contribution in [0.3, 0.4) is 0 Å². The minimum Gasteiger partial charge on any atom is -0.312 e. The van der Waals surface area contributed by atoms with E-state index in [1.807, 2.05) is 57.2 Å². The lowest BCUT2D eigenvalue weighted by Gasteiger charge is -1.90. The first-order valence-corrected chi connectivity index (χ1v) is 3.95. The molecule has 2 heteroatoms. The number of hydrogen-bond acceptors (Lipinski definition) is 1. The molecule has 0 aromatic heterocycles. The summed E-state index contributed by atoms with van der Waals surface area (Å²) in [5, 5.41) is 0. The zero-order valence-corrected chi connectivity index (χ0v) is 8.33. The third kappa shape index (κ3) is 7.35. The molecule has 0 saturated heterocycles. The van der Waals surface area contributed by atoms with E-state index in [1.54, 1.807) is 0 Å². The second-order valence-corrected chi connectivity index (χ2v) is 3.25. The molecule has 0 aliphatic heterocycles. The van der Waals surface area contributed by atoms with Crippen molar-refractivity contribution in [2.75, 3.05) is 21.1 Å². The zero-order chi connectivity index (χ0) is 9.56. The third-order valence-electron chi connectivity index (χ3n) is 1.08. The summed E-state index contributed by atoms with van der Waals surface area (Å²) >= 11 is 0. The number of benzene rings is 1. The summed E-state index contributed by atoms with van der Waals surface area (Å²) in [4.78, 5) is 2.00. The van der Waals surface area contributed by atoms with E-state index in [0.717, 1.165) is 5.46 Å². The lowest BCUT2D eigenvalue weighted by Crippen LogP contribution is -1.99. The van der Waals surface area contributed by atoms with Crippen molar-refractivity contribution >= 4 is 13.3 Å². The minimum absolute atomic E-state index is 0.829. The Kier molecular flexibility index (Phi) is 5.47. The molecule has 0 heterocycles. The Hall–Kier alpha value is -0.755. The second kappa shape index (κ2) is 5.84. The summed E-state index contributed by atoms with van der Waals surface area (Å²) in [7, 11) is 11.4. The van der Waals surface area contributed by atoms with Crippen LogP contribution < -0.4 is 5.46 Å². The molecule has 0 unspecified atom stereocenters. The number of nitrogens with zero attached hydrogens (tertiary/aromatic N) is 1. The Labute approximate surface area is 76.8 Å². The maximum absolute atomic E-state index is 5.43. The maximum Gasteiger partial charge on any atom is 0.113 e. The molecule has 0 saturated carbocycles. The van der Waals surface area contributed by atoms with Crippen LogP contribution in [0.15, 0.2) is 24.3 Å². The summed E-state index contributed by atoms with van der Waals surface area (Å²) in [6.07, 6.45) is 0. The molecule has 0 N–H and O–H groups in total. The molecule has 1 aromatic carbocycles. The first-order valence-electron chi connectivity index (χ1n) is 3.95. The van der Waals surface area contributed by atoms with E-state index in [4.69, 9.17) is 7.85 Å². The number of rotatable bonds is 0. The van der Waals surface area contributed by atoms with Gasteiger partial charge in [0.05, 0.1) is 0 Å². The molecular formula is C10H16BN. The Morgan fingerprint density at radius 2 is 1.33 bits per heavy atom. The quantitative estimate of drug-likeness (QED) is 0.512. The lowest BCUT2D eigenvalue weighted by molar-refractivity contribution is 0.505. The van der Waals surface area contributed by atoms with Gasteiger partial charge in [-0.05, 0) is 28.1 Å². The molecular weight excluding hydrogens is 145 g/mol. The van der Waals surface area contributed by atoms with Crippen LogP contribution in [0.25, 0.3) is 0 Å². The first-order chi connectivity index (χ1) is 5.52. The van der Waals surface area contributed by atoms with Gasteiger partial charge in [0.2, 0.25) is 0 Å². The number of hydrogen-bond donors (Lipinski definition) is 0. The molecule has 0 atom stereocenters. The average Bonchev–Trinajstić information content (AvgIpc) is 1.94. The first kappa shape index (κ1) is 11.2. The molecule has 1 rings (SSSR count). The van der Waals surface area contributed by atoms with Crippen molar-refractivity contribution in [2.45, 2.75) is 6.92 Å². The van der Waals surface area contributed by atoms with E-state index in [-0.39, 0.29) is 0 Å². The van der Waals surface area contributed by atoms with Gasteiger partial charge < -0.3 is 4.90 Å². The summed E-state index contributed by atoms with van der Waals surface area (Å²) in [5.41, 5.74) is 2.08. The Balaban J connectivity index is 0.000000261. The third-order valence-corrected chi connectivity index (χ3v) is 1.08. The predicted molar refractivity (Wildman–Crippen MR) is 56.2 cm³/mol. The van der Waals surface area contributed by atoms with Gasteiger partial charge in [-0.2, -0.15) is 0 Å². The van der Waals surface area contributed by atoms with Gasteiger partial charge in [-0.15, -0.1) is 0 Å². The minimum atomic E-state index is 0.829. The van der Waals surface area contributed by atoms with Crippen molar-refractivity contribution in [1.82, 2.24) is 4.90 Å². The largest absolute Gasteiger partial charge is 0.312 e. The van der Waals surface area contributed by atoms with Gasteiger partial charge in [0, 0.05) is 0 Å². The van der Waals surface area contributed by atoms with Crippen molar-refractivity contribution in [3.05, 3.63) is 29.8 Å². The highest BCUT2D eigenvalue weighted by Gasteiger charge is 1.79. The molecule has 0 aliphatic rings. The van der Waals surface area contributed by atoms with Crippen LogP contribution in [-0.4, -0.2) is 33.9 Å². The van der Waals surface area contributed by atoms with Gasteiger partial charge in [0.1, 0.15) is 7.85 Å². The smallest absolute Gasteiger partial charge is 0.113 e. The Bertz CT molecular complexity index is 180. The summed E-state index contributed by atoms with van der Waals surface area (Å²) in [6, 6.07) is 7.79. The molecule has 0 aliphatic carbocycles. The fourth-order valence-corrected chi connectivity index (χ4v) is 0.566. The van der Waals surface area contributed by atoms with Crippen molar-refractivity contribution in [2.24, 2.45) is 0 Å².